The van der Waals surface area contributed by atoms with Crippen LogP contribution in [0.2, 0.25) is 0 Å². The van der Waals surface area contributed by atoms with Crippen LogP contribution in [0, 0.1) is 12.7 Å². The fourth-order valence-corrected chi connectivity index (χ4v) is 3.44. The van der Waals surface area contributed by atoms with Gasteiger partial charge in [0.2, 0.25) is 5.91 Å². The fraction of sp³-hybridized carbons (Fsp3) is 0.238. The predicted molar refractivity (Wildman–Crippen MR) is 105 cm³/mol. The summed E-state index contributed by atoms with van der Waals surface area (Å²) in [5, 5.41) is 5.54. The maximum absolute atomic E-state index is 13.3. The molecular formula is C21H21FN2OS. The Morgan fingerprint density at radius 3 is 2.62 bits per heavy atom. The van der Waals surface area contributed by atoms with Gasteiger partial charge in [0, 0.05) is 16.6 Å². The highest BCUT2D eigenvalue weighted by Gasteiger charge is 2.11. The summed E-state index contributed by atoms with van der Waals surface area (Å²) in [5.74, 6) is -0.0803. The van der Waals surface area contributed by atoms with Gasteiger partial charge in [0.1, 0.15) is 10.8 Å². The van der Waals surface area contributed by atoms with Gasteiger partial charge in [-0.1, -0.05) is 44.2 Å². The summed E-state index contributed by atoms with van der Waals surface area (Å²) in [4.78, 5) is 16.8. The standard InChI is InChI=1S/C21H21FN2OS/c1-13(2)15-5-7-16(8-6-15)21-23-18(12-26-21)11-20(25)24-19-10-17(22)9-4-14(19)3/h4-10,12-13H,11H2,1-3H3,(H,24,25). The van der Waals surface area contributed by atoms with E-state index in [0.717, 1.165) is 16.1 Å². The van der Waals surface area contributed by atoms with Crippen LogP contribution in [0.5, 0.6) is 0 Å². The van der Waals surface area contributed by atoms with Crippen molar-refractivity contribution in [2.45, 2.75) is 33.1 Å². The largest absolute Gasteiger partial charge is 0.325 e. The second-order valence-electron chi connectivity index (χ2n) is 6.60. The van der Waals surface area contributed by atoms with Crippen LogP contribution in [0.1, 0.15) is 36.6 Å². The smallest absolute Gasteiger partial charge is 0.230 e. The minimum absolute atomic E-state index is 0.163. The maximum Gasteiger partial charge on any atom is 0.230 e. The van der Waals surface area contributed by atoms with E-state index < -0.39 is 0 Å². The van der Waals surface area contributed by atoms with Crippen LogP contribution in [0.3, 0.4) is 0 Å². The Balaban J connectivity index is 1.68. The molecule has 1 amide bonds. The van der Waals surface area contributed by atoms with Crippen LogP contribution in [0.25, 0.3) is 10.6 Å². The Hall–Kier alpha value is -2.53. The molecule has 5 heteroatoms. The van der Waals surface area contributed by atoms with Gasteiger partial charge in [-0.05, 0) is 36.1 Å². The molecule has 2 aromatic carbocycles. The van der Waals surface area contributed by atoms with Crippen LogP contribution in [0.15, 0.2) is 47.8 Å². The minimum atomic E-state index is -0.369. The molecule has 1 N–H and O–H groups in total. The molecule has 1 aromatic heterocycles. The van der Waals surface area contributed by atoms with E-state index in [0.29, 0.717) is 17.3 Å². The fourth-order valence-electron chi connectivity index (χ4n) is 2.62. The summed E-state index contributed by atoms with van der Waals surface area (Å²) in [7, 11) is 0. The number of nitrogens with zero attached hydrogens (tertiary/aromatic N) is 1. The minimum Gasteiger partial charge on any atom is -0.325 e. The van der Waals surface area contributed by atoms with E-state index in [2.05, 4.69) is 48.4 Å². The number of halogens is 1. The number of aryl methyl sites for hydroxylation is 1. The van der Waals surface area contributed by atoms with Crippen LogP contribution >= 0.6 is 11.3 Å². The Labute approximate surface area is 156 Å². The van der Waals surface area contributed by atoms with Gasteiger partial charge in [0.25, 0.3) is 0 Å². The summed E-state index contributed by atoms with van der Waals surface area (Å²) >= 11 is 1.52. The quantitative estimate of drug-likeness (QED) is 0.640. The molecule has 0 aliphatic rings. The number of aromatic nitrogens is 1. The molecule has 3 rings (SSSR count). The Kier molecular flexibility index (Phi) is 5.47. The third-order valence-corrected chi connectivity index (χ3v) is 5.13. The lowest BCUT2D eigenvalue weighted by Crippen LogP contribution is -2.15. The van der Waals surface area contributed by atoms with Crippen LogP contribution in [-0.4, -0.2) is 10.9 Å². The van der Waals surface area contributed by atoms with Crippen molar-refractivity contribution >= 4 is 22.9 Å². The van der Waals surface area contributed by atoms with Crippen LogP contribution in [0.4, 0.5) is 10.1 Å². The average Bonchev–Trinajstić information content (AvgIpc) is 3.06. The van der Waals surface area contributed by atoms with Crippen LogP contribution < -0.4 is 5.32 Å². The van der Waals surface area contributed by atoms with Gasteiger partial charge in [-0.3, -0.25) is 4.79 Å². The number of nitrogens with one attached hydrogen (secondary N) is 1. The zero-order chi connectivity index (χ0) is 18.7. The number of carbonyl (C=O) groups is 1. The second-order valence-corrected chi connectivity index (χ2v) is 7.46. The molecule has 1 heterocycles. The maximum atomic E-state index is 13.3. The molecule has 0 atom stereocenters. The molecule has 134 valence electrons. The molecule has 0 aliphatic carbocycles. The first-order valence-electron chi connectivity index (χ1n) is 8.53. The number of anilines is 1. The van der Waals surface area contributed by atoms with E-state index in [1.165, 1.54) is 29.0 Å². The van der Waals surface area contributed by atoms with Gasteiger partial charge < -0.3 is 5.32 Å². The number of hydrogen-bond acceptors (Lipinski definition) is 3. The van der Waals surface area contributed by atoms with Crippen molar-refractivity contribution in [3.8, 4) is 10.6 Å². The lowest BCUT2D eigenvalue weighted by atomic mass is 10.0. The SMILES string of the molecule is Cc1ccc(F)cc1NC(=O)Cc1csc(-c2ccc(C(C)C)cc2)n1. The lowest BCUT2D eigenvalue weighted by molar-refractivity contribution is -0.115. The number of thiazole rings is 1. The van der Waals surface area contributed by atoms with E-state index in [-0.39, 0.29) is 18.1 Å². The van der Waals surface area contributed by atoms with Gasteiger partial charge in [-0.25, -0.2) is 9.37 Å². The van der Waals surface area contributed by atoms with Crippen LogP contribution in [-0.2, 0) is 11.2 Å². The zero-order valence-electron chi connectivity index (χ0n) is 15.0. The summed E-state index contributed by atoms with van der Waals surface area (Å²) in [6.45, 7) is 6.15. The molecule has 0 spiro atoms. The van der Waals surface area contributed by atoms with Crippen molar-refractivity contribution in [2.75, 3.05) is 5.32 Å². The summed E-state index contributed by atoms with van der Waals surface area (Å²) in [6, 6.07) is 12.7. The van der Waals surface area contributed by atoms with E-state index in [9.17, 15) is 9.18 Å². The summed E-state index contributed by atoms with van der Waals surface area (Å²) < 4.78 is 13.3. The van der Waals surface area contributed by atoms with E-state index >= 15 is 0 Å². The van der Waals surface area contributed by atoms with E-state index in [1.54, 1.807) is 6.07 Å². The number of benzene rings is 2. The summed E-state index contributed by atoms with van der Waals surface area (Å²) in [6.07, 6.45) is 0.163. The summed E-state index contributed by atoms with van der Waals surface area (Å²) in [5.41, 5.74) is 4.37. The van der Waals surface area contributed by atoms with Gasteiger partial charge in [-0.15, -0.1) is 11.3 Å². The van der Waals surface area contributed by atoms with Crippen molar-refractivity contribution in [1.29, 1.82) is 0 Å². The number of carbonyl (C=O) groups excluding carboxylic acids is 1. The number of amides is 1. The van der Waals surface area contributed by atoms with Crippen molar-refractivity contribution in [3.63, 3.8) is 0 Å². The van der Waals surface area contributed by atoms with Crippen molar-refractivity contribution < 1.29 is 9.18 Å². The number of hydrogen-bond donors (Lipinski definition) is 1. The molecule has 0 bridgehead atoms. The normalized spacial score (nSPS) is 11.0. The topological polar surface area (TPSA) is 42.0 Å². The highest BCUT2D eigenvalue weighted by molar-refractivity contribution is 7.13. The molecule has 3 nitrogen and oxygen atoms in total. The van der Waals surface area contributed by atoms with E-state index in [4.69, 9.17) is 0 Å². The molecule has 0 fully saturated rings. The molecule has 3 aromatic rings. The average molecular weight is 368 g/mol. The van der Waals surface area contributed by atoms with Gasteiger partial charge in [0.15, 0.2) is 0 Å². The number of rotatable bonds is 5. The molecule has 26 heavy (non-hydrogen) atoms. The highest BCUT2D eigenvalue weighted by Crippen LogP contribution is 2.26. The Morgan fingerprint density at radius 2 is 1.92 bits per heavy atom. The first-order valence-corrected chi connectivity index (χ1v) is 9.41. The van der Waals surface area contributed by atoms with Gasteiger partial charge in [-0.2, -0.15) is 0 Å². The predicted octanol–water partition coefficient (Wildman–Crippen LogP) is 5.56. The van der Waals surface area contributed by atoms with Crippen molar-refractivity contribution in [1.82, 2.24) is 4.98 Å². The molecule has 0 aliphatic heterocycles. The Morgan fingerprint density at radius 1 is 1.19 bits per heavy atom. The molecule has 0 saturated heterocycles. The zero-order valence-corrected chi connectivity index (χ0v) is 15.9. The van der Waals surface area contributed by atoms with Crippen molar-refractivity contribution in [2.24, 2.45) is 0 Å². The molecule has 0 saturated carbocycles. The lowest BCUT2D eigenvalue weighted by Gasteiger charge is -2.07. The first kappa shape index (κ1) is 18.3. The molecule has 0 radical (unpaired) electrons. The second kappa shape index (κ2) is 7.79. The molecule has 0 unspecified atom stereocenters. The van der Waals surface area contributed by atoms with E-state index in [1.807, 2.05) is 12.3 Å². The van der Waals surface area contributed by atoms with Crippen molar-refractivity contribution in [3.05, 3.63) is 70.5 Å². The third kappa shape index (κ3) is 4.35. The molecular weight excluding hydrogens is 347 g/mol. The van der Waals surface area contributed by atoms with Gasteiger partial charge >= 0.3 is 0 Å². The first-order chi connectivity index (χ1) is 12.4. The highest BCUT2D eigenvalue weighted by atomic mass is 32.1. The monoisotopic (exact) mass is 368 g/mol. The third-order valence-electron chi connectivity index (χ3n) is 4.19. The Bertz CT molecular complexity index is 916. The van der Waals surface area contributed by atoms with Gasteiger partial charge in [0.05, 0.1) is 12.1 Å².